The summed E-state index contributed by atoms with van der Waals surface area (Å²) in [6.45, 7) is 2.14. The Morgan fingerprint density at radius 2 is 2.11 bits per heavy atom. The Kier molecular flexibility index (Phi) is 5.37. The van der Waals surface area contributed by atoms with Crippen LogP contribution in [0.15, 0.2) is 22.7 Å². The highest BCUT2D eigenvalue weighted by Crippen LogP contribution is 2.36. The molecule has 0 fully saturated rings. The molecule has 1 aromatic carbocycles. The molecule has 106 valence electrons. The monoisotopic (exact) mass is 338 g/mol. The smallest absolute Gasteiger partial charge is 0.330 e. The maximum absolute atomic E-state index is 12.7. The van der Waals surface area contributed by atoms with Crippen LogP contribution in [0, 0.1) is 5.92 Å². The fourth-order valence-corrected chi connectivity index (χ4v) is 1.90. The molecule has 0 aliphatic heterocycles. The minimum Gasteiger partial charge on any atom is -0.330 e. The van der Waals surface area contributed by atoms with Gasteiger partial charge in [-0.05, 0) is 30.7 Å². The van der Waals surface area contributed by atoms with Crippen LogP contribution in [0.2, 0.25) is 0 Å². The van der Waals surface area contributed by atoms with Gasteiger partial charge in [0.2, 0.25) is 5.91 Å². The highest BCUT2D eigenvalue weighted by molar-refractivity contribution is 9.10. The van der Waals surface area contributed by atoms with Gasteiger partial charge >= 0.3 is 6.18 Å². The van der Waals surface area contributed by atoms with Gasteiger partial charge in [0.05, 0.1) is 5.56 Å². The van der Waals surface area contributed by atoms with Gasteiger partial charge in [0.15, 0.2) is 0 Å². The van der Waals surface area contributed by atoms with E-state index >= 15 is 0 Å². The first-order valence-electron chi connectivity index (χ1n) is 5.60. The molecule has 3 N–H and O–H groups in total. The van der Waals surface area contributed by atoms with E-state index < -0.39 is 11.7 Å². The summed E-state index contributed by atoms with van der Waals surface area (Å²) in [5.41, 5.74) is 4.67. The molecule has 0 bridgehead atoms. The third-order valence-corrected chi connectivity index (χ3v) is 3.18. The molecule has 0 aliphatic rings. The second kappa shape index (κ2) is 6.38. The topological polar surface area (TPSA) is 55.1 Å². The SMILES string of the molecule is CC(CN)CC(=O)Nc1ccc(Br)c(C(F)(F)F)c1. The van der Waals surface area contributed by atoms with E-state index in [2.05, 4.69) is 21.2 Å². The average Bonchev–Trinajstić information content (AvgIpc) is 2.29. The van der Waals surface area contributed by atoms with Crippen molar-refractivity contribution in [3.8, 4) is 0 Å². The van der Waals surface area contributed by atoms with Crippen molar-refractivity contribution in [3.05, 3.63) is 28.2 Å². The number of amides is 1. The third kappa shape index (κ3) is 4.83. The minimum absolute atomic E-state index is 0.0162. The quantitative estimate of drug-likeness (QED) is 0.884. The molecule has 0 saturated carbocycles. The van der Waals surface area contributed by atoms with Crippen LogP contribution in [-0.2, 0) is 11.0 Å². The first-order valence-corrected chi connectivity index (χ1v) is 6.40. The summed E-state index contributed by atoms with van der Waals surface area (Å²) in [6, 6.07) is 3.56. The lowest BCUT2D eigenvalue weighted by atomic mass is 10.1. The van der Waals surface area contributed by atoms with Crippen LogP contribution in [0.5, 0.6) is 0 Å². The van der Waals surface area contributed by atoms with Crippen molar-refractivity contribution in [2.45, 2.75) is 19.5 Å². The van der Waals surface area contributed by atoms with Crippen LogP contribution in [0.1, 0.15) is 18.9 Å². The lowest BCUT2D eigenvalue weighted by Gasteiger charge is -2.13. The Labute approximate surface area is 117 Å². The number of carbonyl (C=O) groups is 1. The zero-order valence-corrected chi connectivity index (χ0v) is 11.8. The van der Waals surface area contributed by atoms with Crippen molar-refractivity contribution in [3.63, 3.8) is 0 Å². The molecule has 0 aromatic heterocycles. The van der Waals surface area contributed by atoms with Gasteiger partial charge in [-0.2, -0.15) is 13.2 Å². The Bertz CT molecular complexity index is 463. The molecule has 1 unspecified atom stereocenters. The van der Waals surface area contributed by atoms with Crippen molar-refractivity contribution in [1.82, 2.24) is 0 Å². The van der Waals surface area contributed by atoms with E-state index in [1.54, 1.807) is 6.92 Å². The predicted molar refractivity (Wildman–Crippen MR) is 70.6 cm³/mol. The maximum Gasteiger partial charge on any atom is 0.417 e. The van der Waals surface area contributed by atoms with E-state index in [1.165, 1.54) is 12.1 Å². The number of nitrogens with two attached hydrogens (primary N) is 1. The lowest BCUT2D eigenvalue weighted by molar-refractivity contribution is -0.138. The summed E-state index contributed by atoms with van der Waals surface area (Å²) in [4.78, 5) is 11.6. The van der Waals surface area contributed by atoms with Crippen LogP contribution in [-0.4, -0.2) is 12.5 Å². The van der Waals surface area contributed by atoms with Gasteiger partial charge in [-0.25, -0.2) is 0 Å². The van der Waals surface area contributed by atoms with Crippen molar-refractivity contribution in [1.29, 1.82) is 0 Å². The van der Waals surface area contributed by atoms with E-state index in [0.717, 1.165) is 6.07 Å². The molecule has 0 saturated heterocycles. The average molecular weight is 339 g/mol. The molecular weight excluding hydrogens is 325 g/mol. The van der Waals surface area contributed by atoms with Gasteiger partial charge < -0.3 is 11.1 Å². The third-order valence-electron chi connectivity index (χ3n) is 2.49. The molecule has 0 radical (unpaired) electrons. The number of anilines is 1. The lowest BCUT2D eigenvalue weighted by Crippen LogP contribution is -2.20. The number of nitrogens with one attached hydrogen (secondary N) is 1. The van der Waals surface area contributed by atoms with Crippen molar-refractivity contribution >= 4 is 27.5 Å². The molecular formula is C12H14BrF3N2O. The maximum atomic E-state index is 12.7. The predicted octanol–water partition coefficient (Wildman–Crippen LogP) is 3.39. The van der Waals surface area contributed by atoms with Crippen molar-refractivity contribution in [2.24, 2.45) is 11.7 Å². The molecule has 1 atom stereocenters. The van der Waals surface area contributed by atoms with Gasteiger partial charge in [0.25, 0.3) is 0 Å². The Hall–Kier alpha value is -1.08. The normalized spacial score (nSPS) is 13.2. The second-order valence-electron chi connectivity index (χ2n) is 4.29. The van der Waals surface area contributed by atoms with Crippen molar-refractivity contribution in [2.75, 3.05) is 11.9 Å². The van der Waals surface area contributed by atoms with E-state index in [9.17, 15) is 18.0 Å². The van der Waals surface area contributed by atoms with Crippen molar-refractivity contribution < 1.29 is 18.0 Å². The molecule has 0 aliphatic carbocycles. The molecule has 0 heterocycles. The summed E-state index contributed by atoms with van der Waals surface area (Å²) < 4.78 is 38.0. The van der Waals surface area contributed by atoms with Gasteiger partial charge in [-0.3, -0.25) is 4.79 Å². The number of hydrogen-bond donors (Lipinski definition) is 2. The number of hydrogen-bond acceptors (Lipinski definition) is 2. The summed E-state index contributed by atoms with van der Waals surface area (Å²) in [6.07, 6.45) is -4.29. The van der Waals surface area contributed by atoms with E-state index in [-0.39, 0.29) is 28.4 Å². The van der Waals surface area contributed by atoms with Crippen LogP contribution >= 0.6 is 15.9 Å². The van der Waals surface area contributed by atoms with Gasteiger partial charge in [-0.1, -0.05) is 22.9 Å². The molecule has 1 rings (SSSR count). The Morgan fingerprint density at radius 3 is 2.63 bits per heavy atom. The first kappa shape index (κ1) is 16.0. The Balaban J connectivity index is 2.83. The van der Waals surface area contributed by atoms with E-state index in [4.69, 9.17) is 5.73 Å². The number of carbonyl (C=O) groups excluding carboxylic acids is 1. The van der Waals surface area contributed by atoms with Crippen LogP contribution < -0.4 is 11.1 Å². The largest absolute Gasteiger partial charge is 0.417 e. The summed E-state index contributed by atoms with van der Waals surface area (Å²) >= 11 is 2.83. The van der Waals surface area contributed by atoms with Crippen LogP contribution in [0.25, 0.3) is 0 Å². The summed E-state index contributed by atoms with van der Waals surface area (Å²) in [5.74, 6) is -0.370. The van der Waals surface area contributed by atoms with Crippen LogP contribution in [0.4, 0.5) is 18.9 Å². The van der Waals surface area contributed by atoms with Gasteiger partial charge in [-0.15, -0.1) is 0 Å². The van der Waals surface area contributed by atoms with E-state index in [1.807, 2.05) is 0 Å². The molecule has 1 aromatic rings. The standard InChI is InChI=1S/C12H14BrF3N2O/c1-7(6-17)4-11(19)18-8-2-3-10(13)9(5-8)12(14,15)16/h2-3,5,7H,4,6,17H2,1H3,(H,18,19). The highest BCUT2D eigenvalue weighted by atomic mass is 79.9. The fraction of sp³-hybridized carbons (Fsp3) is 0.417. The highest BCUT2D eigenvalue weighted by Gasteiger charge is 2.33. The summed E-state index contributed by atoms with van der Waals surface area (Å²) in [5, 5.41) is 2.43. The zero-order chi connectivity index (χ0) is 14.6. The second-order valence-corrected chi connectivity index (χ2v) is 5.14. The number of benzene rings is 1. The molecule has 0 spiro atoms. The van der Waals surface area contributed by atoms with Gasteiger partial charge in [0, 0.05) is 16.6 Å². The molecule has 7 heteroatoms. The summed E-state index contributed by atoms with van der Waals surface area (Å²) in [7, 11) is 0. The molecule has 1 amide bonds. The van der Waals surface area contributed by atoms with Gasteiger partial charge in [0.1, 0.15) is 0 Å². The fourth-order valence-electron chi connectivity index (χ4n) is 1.43. The van der Waals surface area contributed by atoms with Crippen LogP contribution in [0.3, 0.4) is 0 Å². The van der Waals surface area contributed by atoms with E-state index in [0.29, 0.717) is 6.54 Å². The Morgan fingerprint density at radius 1 is 1.47 bits per heavy atom. The number of halogens is 4. The minimum atomic E-state index is -4.47. The number of alkyl halides is 3. The first-order chi connectivity index (χ1) is 8.74. The number of rotatable bonds is 4. The zero-order valence-electron chi connectivity index (χ0n) is 10.2. The molecule has 19 heavy (non-hydrogen) atoms. The molecule has 3 nitrogen and oxygen atoms in total.